The van der Waals surface area contributed by atoms with Crippen LogP contribution in [-0.2, 0) is 14.3 Å². The molecule has 1 saturated heterocycles. The van der Waals surface area contributed by atoms with E-state index in [-0.39, 0.29) is 24.4 Å². The molecular weight excluding hydrogens is 308 g/mol. The molecular formula is C15H21ClN2O4. The van der Waals surface area contributed by atoms with Gasteiger partial charge in [-0.2, -0.15) is 0 Å². The summed E-state index contributed by atoms with van der Waals surface area (Å²) in [6.07, 6.45) is 0.977. The van der Waals surface area contributed by atoms with Gasteiger partial charge in [-0.25, -0.2) is 4.79 Å². The van der Waals surface area contributed by atoms with E-state index in [0.29, 0.717) is 24.2 Å². The number of anilines is 1. The first-order valence-corrected chi connectivity index (χ1v) is 6.90. The van der Waals surface area contributed by atoms with Crippen molar-refractivity contribution in [3.8, 4) is 0 Å². The highest BCUT2D eigenvalue weighted by Crippen LogP contribution is 2.21. The fraction of sp³-hybridized carbons (Fsp3) is 0.467. The molecule has 0 bridgehead atoms. The molecule has 3 N–H and O–H groups in total. The molecule has 0 aromatic heterocycles. The number of hydrogen-bond donors (Lipinski definition) is 2. The molecule has 1 aromatic carbocycles. The van der Waals surface area contributed by atoms with Crippen molar-refractivity contribution in [2.24, 2.45) is 5.73 Å². The predicted molar refractivity (Wildman–Crippen MR) is 85.3 cm³/mol. The minimum absolute atomic E-state index is 0. The molecule has 0 unspecified atom stereocenters. The fourth-order valence-corrected chi connectivity index (χ4v) is 2.38. The summed E-state index contributed by atoms with van der Waals surface area (Å²) in [5, 5.41) is 2.80. The predicted octanol–water partition coefficient (Wildman–Crippen LogP) is 1.65. The third-order valence-electron chi connectivity index (χ3n) is 3.56. The van der Waals surface area contributed by atoms with Crippen LogP contribution in [0.1, 0.15) is 28.8 Å². The van der Waals surface area contributed by atoms with Crippen LogP contribution in [0.2, 0.25) is 0 Å². The van der Waals surface area contributed by atoms with Gasteiger partial charge >= 0.3 is 5.97 Å². The summed E-state index contributed by atoms with van der Waals surface area (Å²) in [5.41, 5.74) is 7.38. The molecule has 1 heterocycles. The Kier molecular flexibility index (Phi) is 6.80. The van der Waals surface area contributed by atoms with Crippen molar-refractivity contribution in [2.45, 2.75) is 32.0 Å². The van der Waals surface area contributed by atoms with Crippen molar-refractivity contribution >= 4 is 30.0 Å². The highest BCUT2D eigenvalue weighted by Gasteiger charge is 2.29. The van der Waals surface area contributed by atoms with Gasteiger partial charge in [0.25, 0.3) is 5.91 Å². The van der Waals surface area contributed by atoms with E-state index < -0.39 is 12.1 Å². The summed E-state index contributed by atoms with van der Waals surface area (Å²) < 4.78 is 10.2. The van der Waals surface area contributed by atoms with Crippen LogP contribution in [0.5, 0.6) is 0 Å². The van der Waals surface area contributed by atoms with Crippen LogP contribution in [0.25, 0.3) is 0 Å². The molecule has 6 nitrogen and oxygen atoms in total. The molecule has 2 atom stereocenters. The van der Waals surface area contributed by atoms with E-state index in [0.717, 1.165) is 12.0 Å². The minimum Gasteiger partial charge on any atom is -0.465 e. The summed E-state index contributed by atoms with van der Waals surface area (Å²) in [6.45, 7) is 2.22. The monoisotopic (exact) mass is 328 g/mol. The highest BCUT2D eigenvalue weighted by molar-refractivity contribution is 5.96. The molecule has 122 valence electrons. The number of nitrogens with one attached hydrogen (secondary N) is 1. The second-order valence-corrected chi connectivity index (χ2v) is 5.07. The zero-order valence-corrected chi connectivity index (χ0v) is 13.4. The molecule has 1 aliphatic heterocycles. The number of esters is 1. The fourth-order valence-electron chi connectivity index (χ4n) is 2.38. The van der Waals surface area contributed by atoms with Crippen LogP contribution in [-0.4, -0.2) is 37.7 Å². The number of ether oxygens (including phenoxy) is 2. The standard InChI is InChI=1S/C15H20N2O4.ClH/c1-9-7-10(3-5-12(9)15(19)20-2)17-14(18)13-6-4-11(8-16)21-13;/h3,5,7,11,13H,4,6,8,16H2,1-2H3,(H,17,18);1H/t11-,13+;/m1./s1. The Labute approximate surface area is 135 Å². The molecule has 1 amide bonds. The van der Waals surface area contributed by atoms with E-state index in [9.17, 15) is 9.59 Å². The van der Waals surface area contributed by atoms with Gasteiger partial charge in [0.2, 0.25) is 0 Å². The lowest BCUT2D eigenvalue weighted by molar-refractivity contribution is -0.126. The van der Waals surface area contributed by atoms with Crippen LogP contribution in [0.15, 0.2) is 18.2 Å². The van der Waals surface area contributed by atoms with E-state index >= 15 is 0 Å². The van der Waals surface area contributed by atoms with Gasteiger partial charge in [-0.3, -0.25) is 4.79 Å². The van der Waals surface area contributed by atoms with Crippen molar-refractivity contribution in [1.29, 1.82) is 0 Å². The number of amides is 1. The molecule has 1 aliphatic rings. The van der Waals surface area contributed by atoms with Crippen LogP contribution in [0.3, 0.4) is 0 Å². The van der Waals surface area contributed by atoms with Crippen molar-refractivity contribution in [2.75, 3.05) is 19.0 Å². The SMILES string of the molecule is COC(=O)c1ccc(NC(=O)[C@@H]2CC[C@H](CN)O2)cc1C.Cl. The van der Waals surface area contributed by atoms with Gasteiger partial charge in [-0.15, -0.1) is 12.4 Å². The number of carbonyl (C=O) groups excluding carboxylic acids is 2. The largest absolute Gasteiger partial charge is 0.465 e. The molecule has 1 fully saturated rings. The number of carbonyl (C=O) groups is 2. The molecule has 0 spiro atoms. The molecule has 7 heteroatoms. The number of aryl methyl sites for hydroxylation is 1. The maximum atomic E-state index is 12.1. The molecule has 0 radical (unpaired) electrons. The zero-order chi connectivity index (χ0) is 15.4. The first kappa shape index (κ1) is 18.4. The average Bonchev–Trinajstić information content (AvgIpc) is 2.95. The Morgan fingerprint density at radius 2 is 2.14 bits per heavy atom. The Morgan fingerprint density at radius 3 is 2.68 bits per heavy atom. The lowest BCUT2D eigenvalue weighted by Gasteiger charge is -2.13. The van der Waals surface area contributed by atoms with Crippen molar-refractivity contribution < 1.29 is 19.1 Å². The average molecular weight is 329 g/mol. The molecule has 0 saturated carbocycles. The number of nitrogens with two attached hydrogens (primary N) is 1. The number of hydrogen-bond acceptors (Lipinski definition) is 5. The normalized spacial score (nSPS) is 20.1. The van der Waals surface area contributed by atoms with Gasteiger partial charge < -0.3 is 20.5 Å². The molecule has 1 aromatic rings. The molecule has 2 rings (SSSR count). The Bertz CT molecular complexity index is 550. The topological polar surface area (TPSA) is 90.7 Å². The Morgan fingerprint density at radius 1 is 1.41 bits per heavy atom. The van der Waals surface area contributed by atoms with Gasteiger partial charge in [0.15, 0.2) is 0 Å². The van der Waals surface area contributed by atoms with Crippen LogP contribution < -0.4 is 11.1 Å². The van der Waals surface area contributed by atoms with Gasteiger partial charge in [-0.1, -0.05) is 0 Å². The Balaban J connectivity index is 0.00000242. The van der Waals surface area contributed by atoms with Gasteiger partial charge in [0, 0.05) is 12.2 Å². The van der Waals surface area contributed by atoms with Crippen molar-refractivity contribution in [1.82, 2.24) is 0 Å². The molecule has 0 aliphatic carbocycles. The number of halogens is 1. The lowest BCUT2D eigenvalue weighted by atomic mass is 10.1. The van der Waals surface area contributed by atoms with Crippen LogP contribution in [0.4, 0.5) is 5.69 Å². The summed E-state index contributed by atoms with van der Waals surface area (Å²) in [7, 11) is 1.34. The van der Waals surface area contributed by atoms with E-state index in [4.69, 9.17) is 10.5 Å². The van der Waals surface area contributed by atoms with E-state index in [1.165, 1.54) is 7.11 Å². The number of methoxy groups -OCH3 is 1. The number of benzene rings is 1. The maximum Gasteiger partial charge on any atom is 0.338 e. The minimum atomic E-state index is -0.459. The first-order valence-electron chi connectivity index (χ1n) is 6.90. The van der Waals surface area contributed by atoms with Crippen LogP contribution in [0, 0.1) is 6.92 Å². The van der Waals surface area contributed by atoms with E-state index in [2.05, 4.69) is 10.1 Å². The second kappa shape index (κ2) is 8.12. The van der Waals surface area contributed by atoms with E-state index in [1.54, 1.807) is 25.1 Å². The van der Waals surface area contributed by atoms with E-state index in [1.807, 2.05) is 0 Å². The van der Waals surface area contributed by atoms with Crippen molar-refractivity contribution in [3.63, 3.8) is 0 Å². The van der Waals surface area contributed by atoms with Gasteiger partial charge in [0.1, 0.15) is 6.10 Å². The summed E-state index contributed by atoms with van der Waals surface area (Å²) in [5.74, 6) is -0.577. The quantitative estimate of drug-likeness (QED) is 0.820. The smallest absolute Gasteiger partial charge is 0.338 e. The lowest BCUT2D eigenvalue weighted by Crippen LogP contribution is -2.29. The summed E-state index contributed by atoms with van der Waals surface area (Å²) in [6, 6.07) is 5.04. The third-order valence-corrected chi connectivity index (χ3v) is 3.56. The van der Waals surface area contributed by atoms with Gasteiger partial charge in [0.05, 0.1) is 18.8 Å². The van der Waals surface area contributed by atoms with Crippen molar-refractivity contribution in [3.05, 3.63) is 29.3 Å². The summed E-state index contributed by atoms with van der Waals surface area (Å²) >= 11 is 0. The van der Waals surface area contributed by atoms with Crippen LogP contribution >= 0.6 is 12.4 Å². The zero-order valence-electron chi connectivity index (χ0n) is 12.6. The highest BCUT2D eigenvalue weighted by atomic mass is 35.5. The Hall–Kier alpha value is -1.63. The number of rotatable bonds is 4. The maximum absolute atomic E-state index is 12.1. The second-order valence-electron chi connectivity index (χ2n) is 5.07. The third kappa shape index (κ3) is 4.19. The van der Waals surface area contributed by atoms with Gasteiger partial charge in [-0.05, 0) is 43.5 Å². The first-order chi connectivity index (χ1) is 10.0. The summed E-state index contributed by atoms with van der Waals surface area (Å²) in [4.78, 5) is 23.6. The molecule has 22 heavy (non-hydrogen) atoms.